The van der Waals surface area contributed by atoms with Crippen molar-refractivity contribution >= 4 is 57.4 Å². The van der Waals surface area contributed by atoms with Crippen molar-refractivity contribution in [2.75, 3.05) is 7.11 Å². The van der Waals surface area contributed by atoms with Crippen LogP contribution in [0.5, 0.6) is 5.75 Å². The van der Waals surface area contributed by atoms with Crippen molar-refractivity contribution in [3.8, 4) is 5.75 Å². The van der Waals surface area contributed by atoms with Gasteiger partial charge in [0.15, 0.2) is 0 Å². The molecule has 0 spiro atoms. The van der Waals surface area contributed by atoms with E-state index >= 15 is 4.79 Å². The van der Waals surface area contributed by atoms with Crippen molar-refractivity contribution in [1.82, 2.24) is 20.5 Å². The number of hydrogen-bond donors (Lipinski definition) is 5. The van der Waals surface area contributed by atoms with Crippen LogP contribution in [0.3, 0.4) is 0 Å². The molecular weight excluding hydrogens is 791 g/mol. The first-order chi connectivity index (χ1) is 29.8. The summed E-state index contributed by atoms with van der Waals surface area (Å²) in [7, 11) is 1.49. The average molecular weight is 842 g/mol. The molecule has 6 N–H and O–H groups in total. The lowest BCUT2D eigenvalue weighted by Gasteiger charge is -2.55. The van der Waals surface area contributed by atoms with Crippen molar-refractivity contribution in [2.24, 2.45) is 23.5 Å². The zero-order valence-electron chi connectivity index (χ0n) is 34.5. The minimum atomic E-state index is -1.89. The summed E-state index contributed by atoms with van der Waals surface area (Å²) in [6.07, 6.45) is 4.83. The molecule has 4 bridgehead atoms. The van der Waals surface area contributed by atoms with Gasteiger partial charge in [0.2, 0.25) is 11.8 Å². The minimum Gasteiger partial charge on any atom is -0.497 e. The van der Waals surface area contributed by atoms with Gasteiger partial charge in [0.1, 0.15) is 23.4 Å². The summed E-state index contributed by atoms with van der Waals surface area (Å²) in [6.45, 7) is 0. The first kappa shape index (κ1) is 42.2. The van der Waals surface area contributed by atoms with Gasteiger partial charge in [0, 0.05) is 23.5 Å². The summed E-state index contributed by atoms with van der Waals surface area (Å²) in [5.74, 6) is -3.86. The Morgan fingerprint density at radius 2 is 1.42 bits per heavy atom. The number of carboxylic acid groups (broad SMARTS) is 1. The van der Waals surface area contributed by atoms with Crippen LogP contribution < -0.4 is 21.1 Å². The molecule has 0 unspecified atom stereocenters. The number of aromatic nitrogens is 1. The lowest BCUT2D eigenvalue weighted by molar-refractivity contribution is -0.158. The third kappa shape index (κ3) is 9.35. The molecule has 1 heterocycles. The van der Waals surface area contributed by atoms with Crippen LogP contribution >= 0.6 is 0 Å². The Hall–Kier alpha value is -6.54. The summed E-state index contributed by atoms with van der Waals surface area (Å²) in [4.78, 5) is 87.7. The maximum absolute atomic E-state index is 15.0. The first-order valence-corrected chi connectivity index (χ1v) is 21.2. The summed E-state index contributed by atoms with van der Waals surface area (Å²) in [5, 5.41) is 17.8. The number of rotatable bonds is 15. The third-order valence-electron chi connectivity index (χ3n) is 12.8. The number of alkyl carbamates (subject to hydrolysis) is 1. The number of methoxy groups -OCH3 is 1. The van der Waals surface area contributed by atoms with Crippen molar-refractivity contribution in [1.29, 1.82) is 0 Å². The zero-order valence-corrected chi connectivity index (χ0v) is 34.5. The van der Waals surface area contributed by atoms with Gasteiger partial charge in [-0.15, -0.1) is 0 Å². The van der Waals surface area contributed by atoms with E-state index in [2.05, 4.69) is 15.6 Å². The van der Waals surface area contributed by atoms with E-state index in [0.29, 0.717) is 39.5 Å². The van der Waals surface area contributed by atoms with Crippen LogP contribution in [0, 0.1) is 17.8 Å². The van der Waals surface area contributed by atoms with Gasteiger partial charge in [-0.1, -0.05) is 72.8 Å². The number of nitrogens with two attached hydrogens (primary N) is 1. The van der Waals surface area contributed by atoms with Gasteiger partial charge in [-0.05, 0) is 108 Å². The molecule has 62 heavy (non-hydrogen) atoms. The Morgan fingerprint density at radius 3 is 2.10 bits per heavy atom. The number of nitrogens with zero attached hydrogens (tertiary/aromatic N) is 1. The van der Waals surface area contributed by atoms with Crippen LogP contribution in [0.25, 0.3) is 21.7 Å². The fraction of sp³-hybridized carbons (Fsp3) is 0.375. The normalized spacial score (nSPS) is 21.4. The molecular formula is C48H51N5O9. The van der Waals surface area contributed by atoms with E-state index in [1.54, 1.807) is 30.5 Å². The molecule has 5 amide bonds. The molecule has 9 rings (SSSR count). The third-order valence-corrected chi connectivity index (χ3v) is 12.8. The molecule has 0 radical (unpaired) electrons. The molecule has 4 aliphatic rings. The number of imide groups is 3. The van der Waals surface area contributed by atoms with E-state index in [0.717, 1.165) is 65.8 Å². The topological polar surface area (TPSA) is 210 Å². The van der Waals surface area contributed by atoms with Crippen LogP contribution in [0.15, 0.2) is 97.2 Å². The second-order valence-electron chi connectivity index (χ2n) is 17.3. The van der Waals surface area contributed by atoms with E-state index < -0.39 is 72.3 Å². The van der Waals surface area contributed by atoms with Gasteiger partial charge in [-0.25, -0.2) is 9.69 Å². The van der Waals surface area contributed by atoms with E-state index in [1.807, 2.05) is 66.7 Å². The molecule has 3 atom stereocenters. The highest BCUT2D eigenvalue weighted by Crippen LogP contribution is 2.57. The molecule has 4 fully saturated rings. The Bertz CT molecular complexity index is 2480. The molecule has 0 saturated heterocycles. The summed E-state index contributed by atoms with van der Waals surface area (Å²) in [6, 6.07) is 22.4. The lowest BCUT2D eigenvalue weighted by Crippen LogP contribution is -2.60. The smallest absolute Gasteiger partial charge is 0.408 e. The summed E-state index contributed by atoms with van der Waals surface area (Å²) >= 11 is 0. The quantitative estimate of drug-likeness (QED) is 0.0883. The molecule has 14 heteroatoms. The Morgan fingerprint density at radius 1 is 0.790 bits per heavy atom. The highest BCUT2D eigenvalue weighted by molar-refractivity contribution is 6.15. The van der Waals surface area contributed by atoms with E-state index in [9.17, 15) is 29.1 Å². The predicted molar refractivity (Wildman–Crippen MR) is 230 cm³/mol. The number of hydrogen-bond acceptors (Lipinski definition) is 9. The van der Waals surface area contributed by atoms with Crippen LogP contribution in [-0.2, 0) is 48.0 Å². The van der Waals surface area contributed by atoms with E-state index in [1.165, 1.54) is 7.11 Å². The number of H-pyrrole nitrogens is 1. The molecule has 4 aromatic carbocycles. The number of carbonyl (C=O) groups excluding carboxylic acids is 5. The number of benzene rings is 4. The lowest BCUT2D eigenvalue weighted by atomic mass is 9.54. The SMILES string of the molecule is COc1ccc(CC(=O)N(C(=O)[C@H](Cc2c[nH]c3ccccc23)NC(=O)OC23CC4CC(CC(C4)C2)C3)C(=O)[C@H](CC(=O)O)NC(=O)[C@@H](N)Cc2ccc3ccccc3c2)cc1. The Labute approximate surface area is 358 Å². The summed E-state index contributed by atoms with van der Waals surface area (Å²) in [5.41, 5.74) is 8.19. The second kappa shape index (κ2) is 17.8. The molecule has 4 saturated carbocycles. The number of para-hydroxylation sites is 1. The van der Waals surface area contributed by atoms with Gasteiger partial charge < -0.3 is 35.9 Å². The number of aromatic amines is 1. The average Bonchev–Trinajstić information content (AvgIpc) is 3.65. The molecule has 322 valence electrons. The van der Waals surface area contributed by atoms with Crippen LogP contribution in [0.1, 0.15) is 61.6 Å². The van der Waals surface area contributed by atoms with Gasteiger partial charge in [0.25, 0.3) is 11.8 Å². The molecule has 0 aliphatic heterocycles. The monoisotopic (exact) mass is 841 g/mol. The number of ether oxygens (including phenoxy) is 2. The van der Waals surface area contributed by atoms with Crippen molar-refractivity contribution in [2.45, 2.75) is 87.9 Å². The number of amides is 5. The Kier molecular flexibility index (Phi) is 12.1. The Balaban J connectivity index is 1.09. The number of nitrogens with one attached hydrogen (secondary N) is 3. The first-order valence-electron chi connectivity index (χ1n) is 21.2. The molecule has 5 aromatic rings. The van der Waals surface area contributed by atoms with Gasteiger partial charge >= 0.3 is 12.1 Å². The summed E-state index contributed by atoms with van der Waals surface area (Å²) < 4.78 is 11.5. The molecule has 14 nitrogen and oxygen atoms in total. The van der Waals surface area contributed by atoms with Crippen molar-refractivity contribution in [3.05, 3.63) is 114 Å². The largest absolute Gasteiger partial charge is 0.497 e. The highest BCUT2D eigenvalue weighted by Gasteiger charge is 2.53. The fourth-order valence-corrected chi connectivity index (χ4v) is 10.3. The van der Waals surface area contributed by atoms with Crippen LogP contribution in [0.4, 0.5) is 4.79 Å². The molecule has 1 aromatic heterocycles. The zero-order chi connectivity index (χ0) is 43.5. The maximum Gasteiger partial charge on any atom is 0.408 e. The van der Waals surface area contributed by atoms with Crippen LogP contribution in [-0.4, -0.2) is 81.5 Å². The number of fused-ring (bicyclic) bond motifs is 2. The number of carbonyl (C=O) groups is 6. The van der Waals surface area contributed by atoms with Gasteiger partial charge in [0.05, 0.1) is 26.0 Å². The van der Waals surface area contributed by atoms with Crippen molar-refractivity contribution < 1.29 is 43.3 Å². The predicted octanol–water partition coefficient (Wildman–Crippen LogP) is 5.59. The van der Waals surface area contributed by atoms with E-state index in [4.69, 9.17) is 15.2 Å². The fourth-order valence-electron chi connectivity index (χ4n) is 10.3. The minimum absolute atomic E-state index is 0.0478. The number of carboxylic acids is 1. The van der Waals surface area contributed by atoms with Crippen molar-refractivity contribution in [3.63, 3.8) is 0 Å². The second-order valence-corrected chi connectivity index (χ2v) is 17.3. The van der Waals surface area contributed by atoms with Crippen LogP contribution in [0.2, 0.25) is 0 Å². The standard InChI is InChI=1S/C48H51N5O9/c1-61-36-14-11-28(12-15-36)21-42(54)53(46(59)41(23-43(55)56)51-44(57)38(49)20-29-10-13-33-6-2-3-7-34(33)19-29)45(58)40(22-35-27-50-39-9-5-4-8-37(35)39)52-47(60)62-48-24-30-16-31(25-48)18-32(17-30)26-48/h2-15,19,27,30-32,38,40-41,50H,16-18,20-26,49H2,1H3,(H,51,57)(H,52,60)(H,55,56)/t30?,31?,32?,38-,40-,41-,48?/m0/s1. The number of aliphatic carboxylic acids is 1. The van der Waals surface area contributed by atoms with E-state index in [-0.39, 0.29) is 12.8 Å². The van der Waals surface area contributed by atoms with Gasteiger partial charge in [-0.2, -0.15) is 0 Å². The molecule has 4 aliphatic carbocycles. The van der Waals surface area contributed by atoms with Gasteiger partial charge in [-0.3, -0.25) is 24.0 Å². The maximum atomic E-state index is 15.0. The highest BCUT2D eigenvalue weighted by atomic mass is 16.6.